The summed E-state index contributed by atoms with van der Waals surface area (Å²) in [5.41, 5.74) is 3.89. The Hall–Kier alpha value is -2.45. The molecular formula is C26H17Br2F3I2N4O4. The van der Waals surface area contributed by atoms with Crippen LogP contribution in [0, 0.1) is 24.6 Å². The maximum Gasteiger partial charge on any atom is 0.276 e. The Labute approximate surface area is 275 Å². The van der Waals surface area contributed by atoms with Gasteiger partial charge in [-0.15, -0.1) is 0 Å². The summed E-state index contributed by atoms with van der Waals surface area (Å²) in [4.78, 5) is 23.1. The number of anilines is 4. The highest BCUT2D eigenvalue weighted by Crippen LogP contribution is 2.32. The van der Waals surface area contributed by atoms with Gasteiger partial charge in [-0.1, -0.05) is 0 Å². The summed E-state index contributed by atoms with van der Waals surface area (Å²) in [7, 11) is 0. The first kappa shape index (κ1) is 33.1. The van der Waals surface area contributed by atoms with Crippen molar-refractivity contribution in [3.63, 3.8) is 0 Å². The van der Waals surface area contributed by atoms with Crippen LogP contribution in [0.5, 0.6) is 0 Å². The van der Waals surface area contributed by atoms with Crippen molar-refractivity contribution in [1.29, 1.82) is 0 Å². The third-order valence-electron chi connectivity index (χ3n) is 5.16. The fourth-order valence-corrected chi connectivity index (χ4v) is 6.06. The fourth-order valence-electron chi connectivity index (χ4n) is 3.26. The molecule has 0 aromatic heterocycles. The Morgan fingerprint density at radius 3 is 1.71 bits per heavy atom. The molecule has 6 N–H and O–H groups in total. The SMILES string of the molecule is O=C(NO)c1ccc(F)c(F)c1Nc1ccc(I)cc1Br.O=C(NO)c1ccc(F)cc1Nc1ccc(I)cc1Br. The van der Waals surface area contributed by atoms with Gasteiger partial charge in [0.05, 0.1) is 33.9 Å². The van der Waals surface area contributed by atoms with E-state index < -0.39 is 29.3 Å². The zero-order valence-electron chi connectivity index (χ0n) is 20.2. The summed E-state index contributed by atoms with van der Waals surface area (Å²) < 4.78 is 44.0. The quantitative estimate of drug-likeness (QED) is 0.0659. The van der Waals surface area contributed by atoms with Crippen LogP contribution in [0.4, 0.5) is 35.9 Å². The van der Waals surface area contributed by atoms with Gasteiger partial charge in [-0.25, -0.2) is 24.1 Å². The predicted octanol–water partition coefficient (Wildman–Crippen LogP) is 8.25. The lowest BCUT2D eigenvalue weighted by molar-refractivity contribution is 0.0702. The van der Waals surface area contributed by atoms with E-state index >= 15 is 0 Å². The molecule has 0 bridgehead atoms. The van der Waals surface area contributed by atoms with Gasteiger partial charge >= 0.3 is 0 Å². The predicted molar refractivity (Wildman–Crippen MR) is 172 cm³/mol. The van der Waals surface area contributed by atoms with Crippen LogP contribution >= 0.6 is 77.0 Å². The van der Waals surface area contributed by atoms with Crippen LogP contribution in [0.25, 0.3) is 0 Å². The number of benzene rings is 4. The van der Waals surface area contributed by atoms with Crippen molar-refractivity contribution >= 4 is 112 Å². The minimum Gasteiger partial charge on any atom is -0.354 e. The fraction of sp³-hybridized carbons (Fsp3) is 0. The summed E-state index contributed by atoms with van der Waals surface area (Å²) in [5.74, 6) is -4.45. The lowest BCUT2D eigenvalue weighted by atomic mass is 10.1. The molecule has 0 saturated carbocycles. The number of hydrogen-bond acceptors (Lipinski definition) is 6. The third kappa shape index (κ3) is 8.77. The number of halogens is 7. The lowest BCUT2D eigenvalue weighted by Crippen LogP contribution is -2.20. The molecule has 41 heavy (non-hydrogen) atoms. The third-order valence-corrected chi connectivity index (χ3v) is 7.81. The second-order valence-electron chi connectivity index (χ2n) is 7.85. The number of hydroxylamine groups is 2. The van der Waals surface area contributed by atoms with Gasteiger partial charge in [0.2, 0.25) is 0 Å². The monoisotopic (exact) mass is 918 g/mol. The molecular weight excluding hydrogens is 903 g/mol. The smallest absolute Gasteiger partial charge is 0.276 e. The van der Waals surface area contributed by atoms with Gasteiger partial charge in [-0.2, -0.15) is 0 Å². The minimum absolute atomic E-state index is 0.138. The molecule has 0 saturated heterocycles. The number of amides is 2. The Balaban J connectivity index is 0.000000226. The van der Waals surface area contributed by atoms with Gasteiger partial charge < -0.3 is 10.6 Å². The van der Waals surface area contributed by atoms with E-state index in [2.05, 4.69) is 87.7 Å². The molecule has 4 rings (SSSR count). The van der Waals surface area contributed by atoms with E-state index in [-0.39, 0.29) is 22.5 Å². The molecule has 0 radical (unpaired) electrons. The lowest BCUT2D eigenvalue weighted by Gasteiger charge is -2.14. The summed E-state index contributed by atoms with van der Waals surface area (Å²) in [6.45, 7) is 0. The normalized spacial score (nSPS) is 10.3. The van der Waals surface area contributed by atoms with Crippen molar-refractivity contribution < 1.29 is 33.2 Å². The highest BCUT2D eigenvalue weighted by atomic mass is 127. The Bertz CT molecular complexity index is 1620. The topological polar surface area (TPSA) is 123 Å². The second-order valence-corrected chi connectivity index (χ2v) is 12.1. The van der Waals surface area contributed by atoms with Crippen LogP contribution in [0.15, 0.2) is 75.7 Å². The van der Waals surface area contributed by atoms with Gasteiger partial charge in [-0.3, -0.25) is 20.0 Å². The molecule has 4 aromatic carbocycles. The van der Waals surface area contributed by atoms with Crippen LogP contribution < -0.4 is 21.6 Å². The first-order chi connectivity index (χ1) is 19.4. The van der Waals surface area contributed by atoms with Gasteiger partial charge in [0, 0.05) is 16.1 Å². The van der Waals surface area contributed by atoms with Crippen LogP contribution in [-0.4, -0.2) is 22.2 Å². The average molecular weight is 920 g/mol. The molecule has 214 valence electrons. The Morgan fingerprint density at radius 2 is 1.17 bits per heavy atom. The van der Waals surface area contributed by atoms with E-state index in [4.69, 9.17) is 10.4 Å². The molecule has 0 spiro atoms. The van der Waals surface area contributed by atoms with Crippen LogP contribution in [0.3, 0.4) is 0 Å². The standard InChI is InChI=1S/C13H8BrF2IN2O2.C13H9BrFIN2O2/c14-8-5-6(17)1-4-10(8)18-12-7(13(20)19-21)2-3-9(15)11(12)16;14-10-6-8(16)2-4-11(10)17-12-5-7(15)1-3-9(12)13(19)18-20/h1-5,18,21H,(H,19,20);1-6,17,20H,(H,18,19). The van der Waals surface area contributed by atoms with Crippen molar-refractivity contribution in [3.05, 3.63) is 111 Å². The molecule has 8 nitrogen and oxygen atoms in total. The first-order valence-corrected chi connectivity index (χ1v) is 14.8. The number of hydrogen-bond donors (Lipinski definition) is 6. The van der Waals surface area contributed by atoms with Crippen molar-refractivity contribution in [1.82, 2.24) is 11.0 Å². The van der Waals surface area contributed by atoms with Gasteiger partial charge in [0.1, 0.15) is 5.82 Å². The molecule has 4 aromatic rings. The molecule has 0 aliphatic carbocycles. The highest BCUT2D eigenvalue weighted by Gasteiger charge is 2.19. The van der Waals surface area contributed by atoms with E-state index in [0.717, 1.165) is 29.8 Å². The zero-order valence-corrected chi connectivity index (χ0v) is 27.7. The van der Waals surface area contributed by atoms with Crippen LogP contribution in [-0.2, 0) is 0 Å². The molecule has 0 heterocycles. The number of carbonyl (C=O) groups excluding carboxylic acids is 2. The number of nitrogens with one attached hydrogen (secondary N) is 4. The maximum absolute atomic E-state index is 13.9. The first-order valence-electron chi connectivity index (χ1n) is 11.1. The van der Waals surface area contributed by atoms with Crippen molar-refractivity contribution in [2.45, 2.75) is 0 Å². The van der Waals surface area contributed by atoms with E-state index in [0.29, 0.717) is 15.8 Å². The van der Waals surface area contributed by atoms with Gasteiger partial charge in [0.25, 0.3) is 11.8 Å². The molecule has 15 heteroatoms. The second kappa shape index (κ2) is 15.1. The molecule has 0 fully saturated rings. The van der Waals surface area contributed by atoms with Crippen molar-refractivity contribution in [3.8, 4) is 0 Å². The number of rotatable bonds is 6. The highest BCUT2D eigenvalue weighted by molar-refractivity contribution is 14.1. The minimum atomic E-state index is -1.21. The molecule has 0 aliphatic rings. The zero-order chi connectivity index (χ0) is 30.3. The molecule has 2 amide bonds. The van der Waals surface area contributed by atoms with E-state index in [9.17, 15) is 22.8 Å². The van der Waals surface area contributed by atoms with Crippen LogP contribution in [0.2, 0.25) is 0 Å². The maximum atomic E-state index is 13.9. The summed E-state index contributed by atoms with van der Waals surface area (Å²) >= 11 is 10.9. The van der Waals surface area contributed by atoms with E-state index in [1.807, 2.05) is 12.1 Å². The molecule has 0 unspecified atom stereocenters. The Kier molecular flexibility index (Phi) is 12.2. The van der Waals surface area contributed by atoms with Gasteiger partial charge in [-0.05, 0) is 144 Å². The molecule has 0 aliphatic heterocycles. The van der Waals surface area contributed by atoms with Gasteiger partial charge in [0.15, 0.2) is 11.6 Å². The van der Waals surface area contributed by atoms with E-state index in [1.165, 1.54) is 23.1 Å². The number of carbonyl (C=O) groups is 2. The summed E-state index contributed by atoms with van der Waals surface area (Å²) in [6.07, 6.45) is 0. The summed E-state index contributed by atoms with van der Waals surface area (Å²) in [5, 5.41) is 23.0. The Morgan fingerprint density at radius 1 is 0.659 bits per heavy atom. The van der Waals surface area contributed by atoms with Crippen molar-refractivity contribution in [2.75, 3.05) is 10.6 Å². The van der Waals surface area contributed by atoms with Crippen molar-refractivity contribution in [2.24, 2.45) is 0 Å². The largest absolute Gasteiger partial charge is 0.354 e. The molecule has 0 atom stereocenters. The average Bonchev–Trinajstić information content (AvgIpc) is 2.94. The van der Waals surface area contributed by atoms with E-state index in [1.54, 1.807) is 24.3 Å². The summed E-state index contributed by atoms with van der Waals surface area (Å²) in [6, 6.07) is 16.3. The van der Waals surface area contributed by atoms with Crippen LogP contribution in [0.1, 0.15) is 20.7 Å².